The maximum absolute atomic E-state index is 11.5. The number of pyridine rings is 1. The van der Waals surface area contributed by atoms with Gasteiger partial charge in [-0.3, -0.25) is 0 Å². The van der Waals surface area contributed by atoms with Gasteiger partial charge in [-0.25, -0.2) is 9.78 Å². The lowest BCUT2D eigenvalue weighted by Crippen LogP contribution is -2.25. The Morgan fingerprint density at radius 3 is 2.61 bits per heavy atom. The number of hydrogen-bond donors (Lipinski definition) is 1. The summed E-state index contributed by atoms with van der Waals surface area (Å²) in [7, 11) is 1.29. The van der Waals surface area contributed by atoms with E-state index in [9.17, 15) is 9.90 Å². The number of aryl methyl sites for hydroxylation is 1. The van der Waals surface area contributed by atoms with Crippen molar-refractivity contribution in [2.24, 2.45) is 0 Å². The first-order valence-electron chi connectivity index (χ1n) is 8.70. The minimum Gasteiger partial charge on any atom is -0.505 e. The summed E-state index contributed by atoms with van der Waals surface area (Å²) in [6.45, 7) is 3.69. The van der Waals surface area contributed by atoms with Gasteiger partial charge in [0.25, 0.3) is 0 Å². The molecule has 128 valence electrons. The third-order valence-corrected chi connectivity index (χ3v) is 4.42. The summed E-state index contributed by atoms with van der Waals surface area (Å²) >= 11 is 0. The van der Waals surface area contributed by atoms with E-state index >= 15 is 0 Å². The summed E-state index contributed by atoms with van der Waals surface area (Å²) in [5.41, 5.74) is 0.840. The van der Waals surface area contributed by atoms with Crippen LogP contribution in [0.5, 0.6) is 5.75 Å². The van der Waals surface area contributed by atoms with Gasteiger partial charge in [-0.05, 0) is 63.9 Å². The summed E-state index contributed by atoms with van der Waals surface area (Å²) in [5, 5.41) is 9.64. The van der Waals surface area contributed by atoms with E-state index in [1.54, 1.807) is 6.07 Å². The third kappa shape index (κ3) is 5.82. The van der Waals surface area contributed by atoms with Crippen LogP contribution in [0.15, 0.2) is 12.1 Å². The highest BCUT2D eigenvalue weighted by Crippen LogP contribution is 2.17. The lowest BCUT2D eigenvalue weighted by atomic mass is 10.1. The Hall–Kier alpha value is -1.62. The summed E-state index contributed by atoms with van der Waals surface area (Å²) in [6.07, 6.45) is 9.68. The molecule has 1 aliphatic heterocycles. The van der Waals surface area contributed by atoms with Crippen molar-refractivity contribution >= 4 is 5.97 Å². The fourth-order valence-corrected chi connectivity index (χ4v) is 3.06. The number of unbranched alkanes of at least 4 members (excludes halogenated alkanes) is 2. The average molecular weight is 320 g/mol. The number of esters is 1. The molecule has 0 bridgehead atoms. The quantitative estimate of drug-likeness (QED) is 0.617. The van der Waals surface area contributed by atoms with Crippen molar-refractivity contribution in [3.63, 3.8) is 0 Å². The topological polar surface area (TPSA) is 62.7 Å². The fraction of sp³-hybridized carbons (Fsp3) is 0.667. The van der Waals surface area contributed by atoms with Gasteiger partial charge in [-0.2, -0.15) is 0 Å². The van der Waals surface area contributed by atoms with Crippen molar-refractivity contribution in [3.05, 3.63) is 23.5 Å². The monoisotopic (exact) mass is 320 g/mol. The van der Waals surface area contributed by atoms with Gasteiger partial charge in [0.2, 0.25) is 0 Å². The second-order valence-electron chi connectivity index (χ2n) is 6.23. The first-order valence-corrected chi connectivity index (χ1v) is 8.70. The van der Waals surface area contributed by atoms with E-state index in [0.29, 0.717) is 0 Å². The molecule has 5 heteroatoms. The second kappa shape index (κ2) is 9.50. The van der Waals surface area contributed by atoms with Crippen molar-refractivity contribution in [1.82, 2.24) is 9.88 Å². The number of aromatic nitrogens is 1. The summed E-state index contributed by atoms with van der Waals surface area (Å²) in [4.78, 5) is 18.3. The van der Waals surface area contributed by atoms with Crippen LogP contribution in [0.2, 0.25) is 0 Å². The molecule has 0 spiro atoms. The predicted molar refractivity (Wildman–Crippen MR) is 89.7 cm³/mol. The van der Waals surface area contributed by atoms with Crippen LogP contribution < -0.4 is 0 Å². The Labute approximate surface area is 138 Å². The summed E-state index contributed by atoms with van der Waals surface area (Å²) in [5.74, 6) is -0.715. The molecule has 23 heavy (non-hydrogen) atoms. The molecule has 0 aliphatic carbocycles. The fourth-order valence-electron chi connectivity index (χ4n) is 3.06. The van der Waals surface area contributed by atoms with E-state index in [4.69, 9.17) is 0 Å². The molecule has 1 aromatic heterocycles. The van der Waals surface area contributed by atoms with Crippen molar-refractivity contribution in [2.45, 2.75) is 51.4 Å². The first kappa shape index (κ1) is 17.7. The lowest BCUT2D eigenvalue weighted by molar-refractivity contribution is 0.0590. The number of hydrogen-bond acceptors (Lipinski definition) is 5. The van der Waals surface area contributed by atoms with Gasteiger partial charge in [0.15, 0.2) is 5.69 Å². The number of aromatic hydroxyl groups is 1. The molecule has 1 aliphatic rings. The number of rotatable bonds is 7. The molecule has 2 heterocycles. The highest BCUT2D eigenvalue weighted by atomic mass is 16.5. The molecule has 2 rings (SSSR count). The Morgan fingerprint density at radius 2 is 1.91 bits per heavy atom. The molecular weight excluding hydrogens is 292 g/mol. The molecular formula is C18H28N2O3. The Kier molecular flexibility index (Phi) is 7.33. The number of ether oxygens (including phenoxy) is 1. The first-order chi connectivity index (χ1) is 11.2. The van der Waals surface area contributed by atoms with Gasteiger partial charge < -0.3 is 14.7 Å². The second-order valence-corrected chi connectivity index (χ2v) is 6.23. The molecule has 1 aromatic rings. The zero-order chi connectivity index (χ0) is 16.5. The molecule has 0 unspecified atom stereocenters. The van der Waals surface area contributed by atoms with Gasteiger partial charge in [-0.1, -0.05) is 19.3 Å². The highest BCUT2D eigenvalue weighted by Gasteiger charge is 2.14. The molecule has 0 aromatic carbocycles. The minimum atomic E-state index is -0.592. The van der Waals surface area contributed by atoms with E-state index < -0.39 is 5.97 Å². The molecule has 1 saturated heterocycles. The normalized spacial score (nSPS) is 16.0. The number of carbonyl (C=O) groups is 1. The van der Waals surface area contributed by atoms with Crippen molar-refractivity contribution in [1.29, 1.82) is 0 Å². The van der Waals surface area contributed by atoms with Crippen LogP contribution in [0.3, 0.4) is 0 Å². The minimum absolute atomic E-state index is 0.00886. The maximum atomic E-state index is 11.5. The number of methoxy groups -OCH3 is 1. The zero-order valence-electron chi connectivity index (χ0n) is 14.1. The lowest BCUT2D eigenvalue weighted by Gasteiger charge is -2.19. The van der Waals surface area contributed by atoms with Crippen LogP contribution in [0.4, 0.5) is 0 Å². The van der Waals surface area contributed by atoms with Crippen molar-refractivity contribution in [3.8, 4) is 5.75 Å². The third-order valence-electron chi connectivity index (χ3n) is 4.42. The Balaban J connectivity index is 1.70. The highest BCUT2D eigenvalue weighted by molar-refractivity contribution is 5.90. The van der Waals surface area contributed by atoms with Gasteiger partial charge in [0.05, 0.1) is 7.11 Å². The summed E-state index contributed by atoms with van der Waals surface area (Å²) in [6, 6.07) is 3.29. The largest absolute Gasteiger partial charge is 0.505 e. The summed E-state index contributed by atoms with van der Waals surface area (Å²) < 4.78 is 4.63. The average Bonchev–Trinajstić information content (AvgIpc) is 2.84. The van der Waals surface area contributed by atoms with Crippen molar-refractivity contribution < 1.29 is 14.6 Å². The zero-order valence-corrected chi connectivity index (χ0v) is 14.1. The van der Waals surface area contributed by atoms with Gasteiger partial charge in [0, 0.05) is 5.69 Å². The molecule has 0 atom stereocenters. The molecule has 1 N–H and O–H groups in total. The van der Waals surface area contributed by atoms with Crippen LogP contribution in [-0.4, -0.2) is 47.7 Å². The molecule has 0 saturated carbocycles. The van der Waals surface area contributed by atoms with Crippen LogP contribution in [-0.2, 0) is 11.2 Å². The maximum Gasteiger partial charge on any atom is 0.360 e. The number of likely N-dealkylation sites (tertiary alicyclic amines) is 1. The van der Waals surface area contributed by atoms with Gasteiger partial charge in [-0.15, -0.1) is 0 Å². The smallest absolute Gasteiger partial charge is 0.360 e. The van der Waals surface area contributed by atoms with Crippen molar-refractivity contribution in [2.75, 3.05) is 26.7 Å². The number of nitrogens with zero attached hydrogens (tertiary/aromatic N) is 2. The van der Waals surface area contributed by atoms with Crippen LogP contribution in [0.25, 0.3) is 0 Å². The van der Waals surface area contributed by atoms with Gasteiger partial charge >= 0.3 is 5.97 Å². The SMILES string of the molecule is COC(=O)c1nc(CCCCCN2CCCCCC2)ccc1O. The molecule has 0 radical (unpaired) electrons. The van der Waals surface area contributed by atoms with Crippen LogP contribution >= 0.6 is 0 Å². The molecule has 1 fully saturated rings. The van der Waals surface area contributed by atoms with E-state index in [0.717, 1.165) is 25.0 Å². The predicted octanol–water partition coefficient (Wildman–Crippen LogP) is 3.16. The van der Waals surface area contributed by atoms with E-state index in [-0.39, 0.29) is 11.4 Å². The van der Waals surface area contributed by atoms with E-state index in [1.165, 1.54) is 64.9 Å². The van der Waals surface area contributed by atoms with Crippen LogP contribution in [0, 0.1) is 0 Å². The Bertz CT molecular complexity index is 497. The molecule has 5 nitrogen and oxygen atoms in total. The molecule has 0 amide bonds. The Morgan fingerprint density at radius 1 is 1.17 bits per heavy atom. The van der Waals surface area contributed by atoms with Crippen LogP contribution in [0.1, 0.15) is 61.1 Å². The standard InChI is InChI=1S/C18H28N2O3/c1-23-18(22)17-16(21)11-10-15(19-17)9-5-4-8-14-20-12-6-2-3-7-13-20/h10-11,21H,2-9,12-14H2,1H3. The number of carbonyl (C=O) groups excluding carboxylic acids is 1. The van der Waals surface area contributed by atoms with E-state index in [1.807, 2.05) is 0 Å². The van der Waals surface area contributed by atoms with E-state index in [2.05, 4.69) is 14.6 Å². The van der Waals surface area contributed by atoms with Gasteiger partial charge in [0.1, 0.15) is 5.75 Å².